The van der Waals surface area contributed by atoms with Gasteiger partial charge in [0, 0.05) is 17.5 Å². The van der Waals surface area contributed by atoms with Crippen molar-refractivity contribution in [2.75, 3.05) is 13.1 Å². The second-order valence-corrected chi connectivity index (χ2v) is 5.89. The van der Waals surface area contributed by atoms with Gasteiger partial charge in [0.1, 0.15) is 11.8 Å². The van der Waals surface area contributed by atoms with Crippen LogP contribution in [0.2, 0.25) is 0 Å². The minimum absolute atomic E-state index is 0.0954. The lowest BCUT2D eigenvalue weighted by Crippen LogP contribution is -2.28. The third kappa shape index (κ3) is 2.61. The Morgan fingerprint density at radius 1 is 1.09 bits per heavy atom. The van der Waals surface area contributed by atoms with Crippen molar-refractivity contribution in [1.29, 1.82) is 0 Å². The van der Waals surface area contributed by atoms with Crippen LogP contribution in [0.5, 0.6) is 0 Å². The molecule has 1 aromatic heterocycles. The van der Waals surface area contributed by atoms with Gasteiger partial charge in [-0.3, -0.25) is 4.79 Å². The molecule has 4 heteroatoms. The van der Waals surface area contributed by atoms with Gasteiger partial charge >= 0.3 is 0 Å². The lowest BCUT2D eigenvalue weighted by Gasteiger charge is -2.15. The van der Waals surface area contributed by atoms with Crippen LogP contribution in [-0.2, 0) is 0 Å². The highest BCUT2D eigenvalue weighted by atomic mass is 19.1. The Bertz CT molecular complexity index is 853. The Morgan fingerprint density at radius 2 is 1.87 bits per heavy atom. The molecule has 0 N–H and O–H groups in total. The molecule has 2 heterocycles. The number of hydrogen-bond donors (Lipinski definition) is 0. The molecule has 1 aliphatic rings. The largest absolute Gasteiger partial charge is 0.464 e. The highest BCUT2D eigenvalue weighted by Crippen LogP contribution is 2.26. The standard InChI is InChI=1S/C19H16FNO2/c20-17-7-9-21(12-17)19(22)14-3-1-13(2-4-14)15-5-6-18-16(11-15)8-10-23-18/h1-6,8,10-11,17H,7,9,12H2. The fraction of sp³-hybridized carbons (Fsp3) is 0.211. The summed E-state index contributed by atoms with van der Waals surface area (Å²) in [5, 5.41) is 1.05. The first-order valence-electron chi connectivity index (χ1n) is 7.72. The van der Waals surface area contributed by atoms with E-state index >= 15 is 0 Å². The molecule has 3 nitrogen and oxygen atoms in total. The number of furan rings is 1. The minimum atomic E-state index is -0.889. The van der Waals surface area contributed by atoms with Crippen LogP contribution in [0.25, 0.3) is 22.1 Å². The summed E-state index contributed by atoms with van der Waals surface area (Å²) in [4.78, 5) is 13.9. The van der Waals surface area contributed by atoms with E-state index in [0.717, 1.165) is 22.1 Å². The van der Waals surface area contributed by atoms with Crippen molar-refractivity contribution in [3.8, 4) is 11.1 Å². The van der Waals surface area contributed by atoms with Crippen molar-refractivity contribution in [2.45, 2.75) is 12.6 Å². The molecule has 23 heavy (non-hydrogen) atoms. The molecule has 1 saturated heterocycles. The first kappa shape index (κ1) is 14.0. The Balaban J connectivity index is 1.58. The van der Waals surface area contributed by atoms with E-state index in [9.17, 15) is 9.18 Å². The summed E-state index contributed by atoms with van der Waals surface area (Å²) in [6.45, 7) is 0.705. The molecule has 1 aliphatic heterocycles. The predicted molar refractivity (Wildman–Crippen MR) is 87.1 cm³/mol. The number of fused-ring (bicyclic) bond motifs is 1. The molecule has 1 atom stereocenters. The monoisotopic (exact) mass is 309 g/mol. The zero-order valence-corrected chi connectivity index (χ0v) is 12.5. The summed E-state index contributed by atoms with van der Waals surface area (Å²) in [5.74, 6) is -0.0954. The van der Waals surface area contributed by atoms with Crippen LogP contribution in [0.1, 0.15) is 16.8 Å². The molecule has 0 radical (unpaired) electrons. The lowest BCUT2D eigenvalue weighted by atomic mass is 10.0. The van der Waals surface area contributed by atoms with E-state index in [1.807, 2.05) is 42.5 Å². The quantitative estimate of drug-likeness (QED) is 0.708. The van der Waals surface area contributed by atoms with E-state index in [4.69, 9.17) is 4.42 Å². The molecule has 3 aromatic rings. The van der Waals surface area contributed by atoms with E-state index in [0.29, 0.717) is 18.5 Å². The fourth-order valence-corrected chi connectivity index (χ4v) is 3.04. The predicted octanol–water partition coefficient (Wildman–Crippen LogP) is 4.28. The zero-order valence-electron chi connectivity index (χ0n) is 12.5. The Morgan fingerprint density at radius 3 is 2.61 bits per heavy atom. The highest BCUT2D eigenvalue weighted by molar-refractivity contribution is 5.95. The van der Waals surface area contributed by atoms with Crippen molar-refractivity contribution in [3.05, 3.63) is 60.4 Å². The number of nitrogens with zero attached hydrogens (tertiary/aromatic N) is 1. The third-order valence-corrected chi connectivity index (χ3v) is 4.34. The van der Waals surface area contributed by atoms with E-state index in [1.54, 1.807) is 11.2 Å². The van der Waals surface area contributed by atoms with Gasteiger partial charge in [-0.1, -0.05) is 18.2 Å². The maximum absolute atomic E-state index is 13.2. The maximum atomic E-state index is 13.2. The molecule has 0 saturated carbocycles. The van der Waals surface area contributed by atoms with E-state index in [1.165, 1.54) is 0 Å². The van der Waals surface area contributed by atoms with E-state index in [2.05, 4.69) is 6.07 Å². The van der Waals surface area contributed by atoms with Gasteiger partial charge in [0.15, 0.2) is 0 Å². The van der Waals surface area contributed by atoms with Crippen molar-refractivity contribution in [1.82, 2.24) is 4.90 Å². The van der Waals surface area contributed by atoms with Crippen LogP contribution < -0.4 is 0 Å². The smallest absolute Gasteiger partial charge is 0.253 e. The molecule has 0 aliphatic carbocycles. The topological polar surface area (TPSA) is 33.5 Å². The zero-order chi connectivity index (χ0) is 15.8. The number of hydrogen-bond acceptors (Lipinski definition) is 2. The normalized spacial score (nSPS) is 17.8. The van der Waals surface area contributed by atoms with Crippen molar-refractivity contribution < 1.29 is 13.6 Å². The molecule has 1 fully saturated rings. The van der Waals surface area contributed by atoms with E-state index < -0.39 is 6.17 Å². The summed E-state index contributed by atoms with van der Waals surface area (Å²) in [5.41, 5.74) is 3.57. The summed E-state index contributed by atoms with van der Waals surface area (Å²) in [7, 11) is 0. The van der Waals surface area contributed by atoms with Gasteiger partial charge in [-0.25, -0.2) is 4.39 Å². The first-order chi connectivity index (χ1) is 11.2. The average molecular weight is 309 g/mol. The second-order valence-electron chi connectivity index (χ2n) is 5.89. The van der Waals surface area contributed by atoms with Gasteiger partial charge in [-0.15, -0.1) is 0 Å². The highest BCUT2D eigenvalue weighted by Gasteiger charge is 2.26. The van der Waals surface area contributed by atoms with Crippen LogP contribution in [0, 0.1) is 0 Å². The first-order valence-corrected chi connectivity index (χ1v) is 7.72. The number of carbonyl (C=O) groups excluding carboxylic acids is 1. The molecule has 4 rings (SSSR count). The van der Waals surface area contributed by atoms with Gasteiger partial charge in [0.05, 0.1) is 12.8 Å². The van der Waals surface area contributed by atoms with E-state index in [-0.39, 0.29) is 12.5 Å². The van der Waals surface area contributed by atoms with Crippen LogP contribution in [-0.4, -0.2) is 30.1 Å². The molecule has 2 aromatic carbocycles. The summed E-state index contributed by atoms with van der Waals surface area (Å²) in [6.07, 6.45) is 1.22. The number of halogens is 1. The van der Waals surface area contributed by atoms with Crippen LogP contribution in [0.3, 0.4) is 0 Å². The molecule has 116 valence electrons. The van der Waals surface area contributed by atoms with Crippen molar-refractivity contribution in [2.24, 2.45) is 0 Å². The Hall–Kier alpha value is -2.62. The maximum Gasteiger partial charge on any atom is 0.253 e. The van der Waals surface area contributed by atoms with Crippen LogP contribution in [0.4, 0.5) is 4.39 Å². The van der Waals surface area contributed by atoms with Crippen molar-refractivity contribution >= 4 is 16.9 Å². The van der Waals surface area contributed by atoms with Crippen LogP contribution >= 0.6 is 0 Å². The number of alkyl halides is 1. The molecular weight excluding hydrogens is 293 g/mol. The Labute approximate surface area is 133 Å². The van der Waals surface area contributed by atoms with Crippen molar-refractivity contribution in [3.63, 3.8) is 0 Å². The molecule has 0 bridgehead atoms. The van der Waals surface area contributed by atoms with Gasteiger partial charge in [0.2, 0.25) is 0 Å². The summed E-state index contributed by atoms with van der Waals surface area (Å²) < 4.78 is 18.6. The fourth-order valence-electron chi connectivity index (χ4n) is 3.04. The Kier molecular flexibility index (Phi) is 3.37. The number of likely N-dealkylation sites (tertiary alicyclic amines) is 1. The average Bonchev–Trinajstić information content (AvgIpc) is 3.22. The van der Waals surface area contributed by atoms with Gasteiger partial charge in [-0.05, 0) is 47.9 Å². The van der Waals surface area contributed by atoms with Crippen LogP contribution in [0.15, 0.2) is 59.2 Å². The molecule has 1 amide bonds. The lowest BCUT2D eigenvalue weighted by molar-refractivity contribution is 0.0783. The third-order valence-electron chi connectivity index (χ3n) is 4.34. The molecular formula is C19H16FNO2. The summed E-state index contributed by atoms with van der Waals surface area (Å²) in [6, 6.07) is 15.4. The van der Waals surface area contributed by atoms with Gasteiger partial charge in [0.25, 0.3) is 5.91 Å². The molecule has 1 unspecified atom stereocenters. The SMILES string of the molecule is O=C(c1ccc(-c2ccc3occc3c2)cc1)N1CCC(F)C1. The number of carbonyl (C=O) groups is 1. The number of benzene rings is 2. The second kappa shape index (κ2) is 5.54. The summed E-state index contributed by atoms with van der Waals surface area (Å²) >= 11 is 0. The number of rotatable bonds is 2. The number of amides is 1. The van der Waals surface area contributed by atoms with Gasteiger partial charge in [-0.2, -0.15) is 0 Å². The molecule has 0 spiro atoms. The minimum Gasteiger partial charge on any atom is -0.464 e. The van der Waals surface area contributed by atoms with Gasteiger partial charge < -0.3 is 9.32 Å².